The Morgan fingerprint density at radius 3 is 2.68 bits per heavy atom. The van der Waals surface area contributed by atoms with Crippen molar-refractivity contribution in [3.63, 3.8) is 0 Å². The van der Waals surface area contributed by atoms with Crippen LogP contribution in [-0.4, -0.2) is 39.4 Å². The lowest BCUT2D eigenvalue weighted by molar-refractivity contribution is 0.0806. The Hall–Kier alpha value is -1.59. The minimum absolute atomic E-state index is 0.0102. The van der Waals surface area contributed by atoms with Gasteiger partial charge in [-0.2, -0.15) is 0 Å². The maximum absolute atomic E-state index is 7.49. The van der Waals surface area contributed by atoms with Crippen molar-refractivity contribution in [2.75, 3.05) is 33.5 Å². The van der Waals surface area contributed by atoms with Gasteiger partial charge in [0, 0.05) is 20.3 Å². The smallest absolute Gasteiger partial charge is 0.130 e. The highest BCUT2D eigenvalue weighted by Crippen LogP contribution is 2.19. The minimum Gasteiger partial charge on any atom is -0.490 e. The predicted molar refractivity (Wildman–Crippen MR) is 75.0 cm³/mol. The van der Waals surface area contributed by atoms with Crippen LogP contribution >= 0.6 is 0 Å². The van der Waals surface area contributed by atoms with E-state index in [9.17, 15) is 0 Å². The van der Waals surface area contributed by atoms with Gasteiger partial charge < -0.3 is 19.9 Å². The van der Waals surface area contributed by atoms with Crippen LogP contribution in [0.3, 0.4) is 0 Å². The van der Waals surface area contributed by atoms with E-state index < -0.39 is 0 Å². The number of nitrogen functional groups attached to an aromatic ring is 1. The van der Waals surface area contributed by atoms with Crippen molar-refractivity contribution in [1.82, 2.24) is 0 Å². The molecular weight excluding hydrogens is 244 g/mol. The van der Waals surface area contributed by atoms with Gasteiger partial charge >= 0.3 is 0 Å². The molecule has 5 heteroatoms. The third kappa shape index (κ3) is 5.72. The van der Waals surface area contributed by atoms with E-state index in [2.05, 4.69) is 0 Å². The lowest BCUT2D eigenvalue weighted by Crippen LogP contribution is -2.15. The zero-order chi connectivity index (χ0) is 14.1. The largest absolute Gasteiger partial charge is 0.490 e. The predicted octanol–water partition coefficient (Wildman–Crippen LogP) is 1.71. The topological polar surface area (TPSA) is 77.6 Å². The quantitative estimate of drug-likeness (QED) is 0.405. The number of nitrogens with one attached hydrogen (secondary N) is 1. The highest BCUT2D eigenvalue weighted by Gasteiger charge is 2.06. The SMILES string of the molecule is COCCCOCCOc1cc(C)ccc1C(=N)N. The van der Waals surface area contributed by atoms with E-state index in [0.717, 1.165) is 12.0 Å². The van der Waals surface area contributed by atoms with E-state index in [-0.39, 0.29) is 5.84 Å². The van der Waals surface area contributed by atoms with E-state index in [1.54, 1.807) is 13.2 Å². The second-order valence-corrected chi connectivity index (χ2v) is 4.22. The summed E-state index contributed by atoms with van der Waals surface area (Å²) in [6, 6.07) is 5.58. The summed E-state index contributed by atoms with van der Waals surface area (Å²) in [6.07, 6.45) is 0.875. The molecule has 0 aromatic heterocycles. The van der Waals surface area contributed by atoms with Crippen molar-refractivity contribution in [3.05, 3.63) is 29.3 Å². The zero-order valence-corrected chi connectivity index (χ0v) is 11.6. The van der Waals surface area contributed by atoms with Crippen molar-refractivity contribution >= 4 is 5.84 Å². The molecule has 5 nitrogen and oxygen atoms in total. The third-order valence-corrected chi connectivity index (χ3v) is 2.55. The van der Waals surface area contributed by atoms with Gasteiger partial charge in [0.25, 0.3) is 0 Å². The van der Waals surface area contributed by atoms with E-state index in [1.807, 2.05) is 19.1 Å². The summed E-state index contributed by atoms with van der Waals surface area (Å²) in [4.78, 5) is 0. The highest BCUT2D eigenvalue weighted by molar-refractivity contribution is 5.97. The summed E-state index contributed by atoms with van der Waals surface area (Å²) in [7, 11) is 1.67. The molecule has 0 unspecified atom stereocenters. The van der Waals surface area contributed by atoms with Crippen LogP contribution in [0.1, 0.15) is 17.5 Å². The van der Waals surface area contributed by atoms with Gasteiger partial charge in [0.15, 0.2) is 0 Å². The first kappa shape index (κ1) is 15.5. The van der Waals surface area contributed by atoms with Gasteiger partial charge in [0.1, 0.15) is 18.2 Å². The Morgan fingerprint density at radius 1 is 1.21 bits per heavy atom. The van der Waals surface area contributed by atoms with Gasteiger partial charge in [-0.05, 0) is 31.0 Å². The van der Waals surface area contributed by atoms with Crippen LogP contribution in [0.15, 0.2) is 18.2 Å². The monoisotopic (exact) mass is 266 g/mol. The Kier molecular flexibility index (Phi) is 6.92. The number of rotatable bonds is 9. The van der Waals surface area contributed by atoms with Crippen molar-refractivity contribution in [1.29, 1.82) is 5.41 Å². The molecule has 1 aromatic rings. The van der Waals surface area contributed by atoms with Crippen molar-refractivity contribution < 1.29 is 14.2 Å². The van der Waals surface area contributed by atoms with Gasteiger partial charge in [0.2, 0.25) is 0 Å². The van der Waals surface area contributed by atoms with Crippen LogP contribution in [0.2, 0.25) is 0 Å². The first-order valence-electron chi connectivity index (χ1n) is 6.29. The first-order valence-corrected chi connectivity index (χ1v) is 6.29. The van der Waals surface area contributed by atoms with Crippen molar-refractivity contribution in [3.8, 4) is 5.75 Å². The van der Waals surface area contributed by atoms with E-state index in [1.165, 1.54) is 0 Å². The summed E-state index contributed by atoms with van der Waals surface area (Å²) in [5.41, 5.74) is 7.19. The molecule has 0 saturated carbocycles. The molecule has 0 heterocycles. The van der Waals surface area contributed by atoms with Gasteiger partial charge in [-0.25, -0.2) is 0 Å². The molecular formula is C14H22N2O3. The number of methoxy groups -OCH3 is 1. The molecule has 0 aliphatic heterocycles. The number of amidine groups is 1. The number of hydrogen-bond acceptors (Lipinski definition) is 4. The molecule has 1 aromatic carbocycles. The maximum atomic E-state index is 7.49. The number of ether oxygens (including phenoxy) is 3. The lowest BCUT2D eigenvalue weighted by atomic mass is 10.1. The number of benzene rings is 1. The fourth-order valence-corrected chi connectivity index (χ4v) is 1.59. The number of nitrogens with two attached hydrogens (primary N) is 1. The standard InChI is InChI=1S/C14H22N2O3/c1-11-4-5-12(14(15)16)13(10-11)19-9-8-18-7-3-6-17-2/h4-5,10H,3,6-9H2,1-2H3,(H3,15,16). The fraction of sp³-hybridized carbons (Fsp3) is 0.500. The average Bonchev–Trinajstić information content (AvgIpc) is 2.37. The minimum atomic E-state index is 0.0102. The normalized spacial score (nSPS) is 10.4. The Bertz CT molecular complexity index is 408. The summed E-state index contributed by atoms with van der Waals surface area (Å²) < 4.78 is 15.9. The molecule has 1 rings (SSSR count). The zero-order valence-electron chi connectivity index (χ0n) is 11.6. The van der Waals surface area contributed by atoms with Crippen LogP contribution in [0.5, 0.6) is 5.75 Å². The van der Waals surface area contributed by atoms with Crippen LogP contribution in [0.25, 0.3) is 0 Å². The van der Waals surface area contributed by atoms with E-state index in [4.69, 9.17) is 25.4 Å². The fourth-order valence-electron chi connectivity index (χ4n) is 1.59. The van der Waals surface area contributed by atoms with Crippen LogP contribution in [0, 0.1) is 12.3 Å². The van der Waals surface area contributed by atoms with E-state index in [0.29, 0.717) is 37.7 Å². The van der Waals surface area contributed by atoms with Crippen LogP contribution in [-0.2, 0) is 9.47 Å². The molecule has 0 spiro atoms. The summed E-state index contributed by atoms with van der Waals surface area (Å²) in [5.74, 6) is 0.643. The second kappa shape index (κ2) is 8.50. The Labute approximate surface area is 114 Å². The molecule has 0 atom stereocenters. The van der Waals surface area contributed by atoms with E-state index >= 15 is 0 Å². The van der Waals surface area contributed by atoms with Gasteiger partial charge in [-0.15, -0.1) is 0 Å². The van der Waals surface area contributed by atoms with Crippen molar-refractivity contribution in [2.24, 2.45) is 5.73 Å². The molecule has 0 amide bonds. The van der Waals surface area contributed by atoms with Crippen LogP contribution in [0.4, 0.5) is 0 Å². The molecule has 3 N–H and O–H groups in total. The third-order valence-electron chi connectivity index (χ3n) is 2.55. The average molecular weight is 266 g/mol. The summed E-state index contributed by atoms with van der Waals surface area (Å²) >= 11 is 0. The van der Waals surface area contributed by atoms with Crippen molar-refractivity contribution in [2.45, 2.75) is 13.3 Å². The molecule has 0 bridgehead atoms. The number of hydrogen-bond donors (Lipinski definition) is 2. The summed E-state index contributed by atoms with van der Waals surface area (Å²) in [5, 5.41) is 7.49. The van der Waals surface area contributed by atoms with Gasteiger partial charge in [-0.3, -0.25) is 5.41 Å². The molecule has 0 radical (unpaired) electrons. The van der Waals surface area contributed by atoms with Gasteiger partial charge in [0.05, 0.1) is 12.2 Å². The lowest BCUT2D eigenvalue weighted by Gasteiger charge is -2.11. The maximum Gasteiger partial charge on any atom is 0.130 e. The molecule has 0 aliphatic carbocycles. The Balaban J connectivity index is 2.36. The number of aryl methyl sites for hydroxylation is 1. The highest BCUT2D eigenvalue weighted by atomic mass is 16.5. The van der Waals surface area contributed by atoms with Gasteiger partial charge in [-0.1, -0.05) is 6.07 Å². The molecule has 106 valence electrons. The molecule has 0 saturated heterocycles. The first-order chi connectivity index (χ1) is 9.15. The molecule has 19 heavy (non-hydrogen) atoms. The summed E-state index contributed by atoms with van der Waals surface area (Å²) in [6.45, 7) is 4.28. The second-order valence-electron chi connectivity index (χ2n) is 4.22. The van der Waals surface area contributed by atoms with Crippen LogP contribution < -0.4 is 10.5 Å². The molecule has 0 aliphatic rings. The Morgan fingerprint density at radius 2 is 2.00 bits per heavy atom. The molecule has 0 fully saturated rings.